The van der Waals surface area contributed by atoms with E-state index >= 15 is 0 Å². The molecule has 3 amide bonds. The minimum Gasteiger partial charge on any atom is -0.394 e. The number of carbonyl (C=O) groups excluding carboxylic acids is 2. The number of anilines is 1. The summed E-state index contributed by atoms with van der Waals surface area (Å²) in [6.45, 7) is 5.31. The van der Waals surface area contributed by atoms with Crippen LogP contribution in [0.3, 0.4) is 0 Å². The molecule has 3 aromatic rings. The van der Waals surface area contributed by atoms with Crippen LogP contribution in [-0.2, 0) is 22.7 Å². The third kappa shape index (κ3) is 6.44. The lowest BCUT2D eigenvalue weighted by Crippen LogP contribution is -2.48. The summed E-state index contributed by atoms with van der Waals surface area (Å²) in [5.74, 6) is -0.119. The molecule has 1 aliphatic heterocycles. The van der Waals surface area contributed by atoms with Gasteiger partial charge in [0.15, 0.2) is 0 Å². The number of carbonyl (C=O) groups is 2. The van der Waals surface area contributed by atoms with Gasteiger partial charge in [-0.15, -0.1) is 5.10 Å². The van der Waals surface area contributed by atoms with Crippen molar-refractivity contribution in [1.82, 2.24) is 24.8 Å². The van der Waals surface area contributed by atoms with E-state index in [1.165, 1.54) is 0 Å². The Morgan fingerprint density at radius 1 is 1.27 bits per heavy atom. The van der Waals surface area contributed by atoms with E-state index in [0.29, 0.717) is 39.1 Å². The molecule has 2 N–H and O–H groups in total. The molecule has 0 fully saturated rings. The number of fused-ring (bicyclic) bond motifs is 2. The van der Waals surface area contributed by atoms with E-state index in [0.717, 1.165) is 22.2 Å². The van der Waals surface area contributed by atoms with Crippen LogP contribution in [0.15, 0.2) is 48.7 Å². The van der Waals surface area contributed by atoms with E-state index in [4.69, 9.17) is 4.74 Å². The number of nitrogens with zero attached hydrogens (tertiary/aromatic N) is 5. The highest BCUT2D eigenvalue weighted by Crippen LogP contribution is 2.24. The SMILES string of the molecule is C[C@H](CO)N1C[C@H](C)[C@@H](CN(C)C(=O)Nc2cccc3ccccc23)OCc2cnnn2CCCC1=O. The standard InChI is InChI=1S/C27H36N6O4/c1-19-15-32(20(2)17-34)26(35)12-7-13-33-22(14-28-30-33)18-37-25(19)16-31(3)27(36)29-24-11-6-9-21-8-4-5-10-23(21)24/h4-6,8-11,14,19-20,25,34H,7,12-13,15-18H2,1-3H3,(H,29,36)/t19-,20+,25+/m0/s1. The number of benzene rings is 2. The predicted molar refractivity (Wildman–Crippen MR) is 141 cm³/mol. The van der Waals surface area contributed by atoms with Crippen molar-refractivity contribution in [2.45, 2.75) is 52.0 Å². The minimum atomic E-state index is -0.368. The predicted octanol–water partition coefficient (Wildman–Crippen LogP) is 3.12. The van der Waals surface area contributed by atoms with Gasteiger partial charge in [-0.05, 0) is 24.8 Å². The lowest BCUT2D eigenvalue weighted by atomic mass is 10.0. The first kappa shape index (κ1) is 26.6. The van der Waals surface area contributed by atoms with Gasteiger partial charge in [0.05, 0.1) is 42.9 Å². The smallest absolute Gasteiger partial charge is 0.321 e. The summed E-state index contributed by atoms with van der Waals surface area (Å²) in [6.07, 6.45) is 2.28. The van der Waals surface area contributed by atoms with Crippen molar-refractivity contribution in [3.05, 3.63) is 54.4 Å². The zero-order chi connectivity index (χ0) is 26.4. The van der Waals surface area contributed by atoms with E-state index in [1.807, 2.05) is 56.3 Å². The van der Waals surface area contributed by atoms with Crippen LogP contribution in [0.1, 0.15) is 32.4 Å². The van der Waals surface area contributed by atoms with Crippen molar-refractivity contribution < 1.29 is 19.4 Å². The summed E-state index contributed by atoms with van der Waals surface area (Å²) in [7, 11) is 1.73. The van der Waals surface area contributed by atoms with Crippen molar-refractivity contribution in [1.29, 1.82) is 0 Å². The number of hydrogen-bond acceptors (Lipinski definition) is 6. The number of ether oxygens (including phenoxy) is 1. The highest BCUT2D eigenvalue weighted by atomic mass is 16.5. The van der Waals surface area contributed by atoms with Crippen LogP contribution < -0.4 is 5.32 Å². The fraction of sp³-hybridized carbons (Fsp3) is 0.481. The van der Waals surface area contributed by atoms with Crippen LogP contribution in [0.25, 0.3) is 10.8 Å². The normalized spacial score (nSPS) is 20.0. The number of nitrogens with one attached hydrogen (secondary N) is 1. The zero-order valence-corrected chi connectivity index (χ0v) is 21.7. The lowest BCUT2D eigenvalue weighted by molar-refractivity contribution is -0.136. The zero-order valence-electron chi connectivity index (χ0n) is 21.7. The van der Waals surface area contributed by atoms with E-state index in [2.05, 4.69) is 15.6 Å². The number of hydrogen-bond donors (Lipinski definition) is 2. The van der Waals surface area contributed by atoms with Crippen LogP contribution >= 0.6 is 0 Å². The fourth-order valence-electron chi connectivity index (χ4n) is 4.64. The Labute approximate surface area is 217 Å². The van der Waals surface area contributed by atoms with Crippen LogP contribution in [0.5, 0.6) is 0 Å². The first-order valence-electron chi connectivity index (χ1n) is 12.8. The Kier molecular flexibility index (Phi) is 8.73. The lowest BCUT2D eigenvalue weighted by Gasteiger charge is -2.35. The molecule has 0 bridgehead atoms. The molecule has 0 aliphatic carbocycles. The van der Waals surface area contributed by atoms with Gasteiger partial charge in [-0.1, -0.05) is 48.5 Å². The molecule has 2 aromatic carbocycles. The van der Waals surface area contributed by atoms with Gasteiger partial charge in [0.1, 0.15) is 0 Å². The third-order valence-electron chi connectivity index (χ3n) is 6.97. The van der Waals surface area contributed by atoms with Gasteiger partial charge < -0.3 is 25.0 Å². The molecule has 3 atom stereocenters. The van der Waals surface area contributed by atoms with Crippen molar-refractivity contribution in [2.24, 2.45) is 5.92 Å². The first-order chi connectivity index (χ1) is 17.9. The molecule has 10 heteroatoms. The Hall–Kier alpha value is -3.50. The molecule has 2 heterocycles. The average Bonchev–Trinajstić information content (AvgIpc) is 3.35. The number of likely N-dealkylation sites (N-methyl/N-ethyl adjacent to an activating group) is 1. The monoisotopic (exact) mass is 508 g/mol. The Bertz CT molecular complexity index is 1210. The van der Waals surface area contributed by atoms with Gasteiger partial charge in [-0.25, -0.2) is 9.48 Å². The molecule has 37 heavy (non-hydrogen) atoms. The van der Waals surface area contributed by atoms with Crippen molar-refractivity contribution in [2.75, 3.05) is 32.1 Å². The average molecular weight is 509 g/mol. The number of aliphatic hydroxyl groups excluding tert-OH is 1. The summed E-state index contributed by atoms with van der Waals surface area (Å²) in [6, 6.07) is 13.2. The molecular weight excluding hydrogens is 472 g/mol. The molecule has 198 valence electrons. The Balaban J connectivity index is 1.52. The fourth-order valence-corrected chi connectivity index (χ4v) is 4.64. The summed E-state index contributed by atoms with van der Waals surface area (Å²) in [5.41, 5.74) is 1.57. The molecule has 0 spiro atoms. The van der Waals surface area contributed by atoms with Crippen LogP contribution in [0, 0.1) is 5.92 Å². The van der Waals surface area contributed by atoms with Crippen LogP contribution in [0.4, 0.5) is 10.5 Å². The second kappa shape index (κ2) is 12.2. The van der Waals surface area contributed by atoms with Gasteiger partial charge in [0.25, 0.3) is 0 Å². The molecule has 0 saturated heterocycles. The summed E-state index contributed by atoms with van der Waals surface area (Å²) >= 11 is 0. The van der Waals surface area contributed by atoms with Gasteiger partial charge in [0.2, 0.25) is 5.91 Å². The third-order valence-corrected chi connectivity index (χ3v) is 6.97. The van der Waals surface area contributed by atoms with Crippen molar-refractivity contribution in [3.8, 4) is 0 Å². The number of rotatable bonds is 5. The molecule has 0 unspecified atom stereocenters. The number of aromatic nitrogens is 3. The highest BCUT2D eigenvalue weighted by molar-refractivity contribution is 6.01. The summed E-state index contributed by atoms with van der Waals surface area (Å²) in [5, 5.41) is 22.9. The van der Waals surface area contributed by atoms with Crippen molar-refractivity contribution in [3.63, 3.8) is 0 Å². The molecular formula is C27H36N6O4. The van der Waals surface area contributed by atoms with Gasteiger partial charge >= 0.3 is 6.03 Å². The maximum atomic E-state index is 13.2. The van der Waals surface area contributed by atoms with Crippen molar-refractivity contribution >= 4 is 28.4 Å². The highest BCUT2D eigenvalue weighted by Gasteiger charge is 2.29. The van der Waals surface area contributed by atoms with E-state index in [-0.39, 0.29) is 36.6 Å². The molecule has 0 radical (unpaired) electrons. The maximum absolute atomic E-state index is 13.2. The van der Waals surface area contributed by atoms with E-state index < -0.39 is 0 Å². The molecule has 1 aromatic heterocycles. The largest absolute Gasteiger partial charge is 0.394 e. The summed E-state index contributed by atoms with van der Waals surface area (Å²) in [4.78, 5) is 29.5. The number of aliphatic hydroxyl groups is 1. The minimum absolute atomic E-state index is 0.0172. The maximum Gasteiger partial charge on any atom is 0.321 e. The summed E-state index contributed by atoms with van der Waals surface area (Å²) < 4.78 is 8.08. The van der Waals surface area contributed by atoms with Gasteiger partial charge in [-0.2, -0.15) is 0 Å². The number of amides is 3. The van der Waals surface area contributed by atoms with E-state index in [9.17, 15) is 14.7 Å². The van der Waals surface area contributed by atoms with Crippen LogP contribution in [-0.4, -0.2) is 80.7 Å². The molecule has 10 nitrogen and oxygen atoms in total. The van der Waals surface area contributed by atoms with E-state index in [1.54, 1.807) is 27.7 Å². The van der Waals surface area contributed by atoms with Crippen LogP contribution in [0.2, 0.25) is 0 Å². The van der Waals surface area contributed by atoms with Gasteiger partial charge in [-0.3, -0.25) is 4.79 Å². The van der Waals surface area contributed by atoms with Gasteiger partial charge in [0, 0.05) is 44.4 Å². The number of urea groups is 1. The second-order valence-corrected chi connectivity index (χ2v) is 9.79. The Morgan fingerprint density at radius 3 is 2.86 bits per heavy atom. The quantitative estimate of drug-likeness (QED) is 0.548. The topological polar surface area (TPSA) is 113 Å². The Morgan fingerprint density at radius 2 is 2.05 bits per heavy atom. The first-order valence-corrected chi connectivity index (χ1v) is 12.8. The molecule has 1 aliphatic rings. The molecule has 4 rings (SSSR count). The molecule has 0 saturated carbocycles. The number of aryl methyl sites for hydroxylation is 1. The second-order valence-electron chi connectivity index (χ2n) is 9.79.